The Kier molecular flexibility index (Phi) is 6.48. The molecular formula is C10H15ClN2O3. The number of carbonyl (C=O) groups is 1. The molecule has 1 amide bonds. The van der Waals surface area contributed by atoms with E-state index in [1.54, 1.807) is 12.1 Å². The van der Waals surface area contributed by atoms with Crippen molar-refractivity contribution >= 4 is 24.0 Å². The van der Waals surface area contributed by atoms with Crippen LogP contribution in [0.15, 0.2) is 24.3 Å². The summed E-state index contributed by atoms with van der Waals surface area (Å²) in [5, 5.41) is 11.6. The molecule has 0 aromatic heterocycles. The minimum Gasteiger partial charge on any atom is -0.508 e. The van der Waals surface area contributed by atoms with E-state index in [0.29, 0.717) is 5.69 Å². The summed E-state index contributed by atoms with van der Waals surface area (Å²) in [4.78, 5) is 11.4. The number of hydrogen-bond donors (Lipinski definition) is 3. The Hall–Kier alpha value is -1.30. The first-order valence-electron chi connectivity index (χ1n) is 4.48. The van der Waals surface area contributed by atoms with Gasteiger partial charge in [0.15, 0.2) is 0 Å². The minimum absolute atomic E-state index is 0. The number of benzene rings is 1. The number of amides is 1. The maximum Gasteiger partial charge on any atom is 0.243 e. The number of anilines is 1. The van der Waals surface area contributed by atoms with Crippen LogP contribution in [0.2, 0.25) is 0 Å². The van der Waals surface area contributed by atoms with Crippen molar-refractivity contribution in [3.8, 4) is 5.75 Å². The number of methoxy groups -OCH3 is 1. The monoisotopic (exact) mass is 246 g/mol. The van der Waals surface area contributed by atoms with Crippen LogP contribution in [0.1, 0.15) is 0 Å². The zero-order valence-electron chi connectivity index (χ0n) is 8.84. The Bertz CT molecular complexity index is 329. The van der Waals surface area contributed by atoms with Crippen molar-refractivity contribution in [2.45, 2.75) is 6.04 Å². The van der Waals surface area contributed by atoms with Crippen LogP contribution in [0, 0.1) is 0 Å². The minimum atomic E-state index is -0.691. The summed E-state index contributed by atoms with van der Waals surface area (Å²) in [6, 6.07) is 5.46. The van der Waals surface area contributed by atoms with E-state index in [0.717, 1.165) is 0 Å². The van der Waals surface area contributed by atoms with Crippen molar-refractivity contribution in [3.63, 3.8) is 0 Å². The van der Waals surface area contributed by atoms with E-state index < -0.39 is 6.04 Å². The van der Waals surface area contributed by atoms with Gasteiger partial charge in [-0.1, -0.05) is 0 Å². The average molecular weight is 247 g/mol. The lowest BCUT2D eigenvalue weighted by Crippen LogP contribution is -2.39. The van der Waals surface area contributed by atoms with Crippen LogP contribution < -0.4 is 11.1 Å². The quantitative estimate of drug-likeness (QED) is 0.684. The molecule has 6 heteroatoms. The van der Waals surface area contributed by atoms with Gasteiger partial charge in [0.25, 0.3) is 0 Å². The topological polar surface area (TPSA) is 84.6 Å². The van der Waals surface area contributed by atoms with Crippen LogP contribution in [0.25, 0.3) is 0 Å². The molecule has 0 aliphatic rings. The largest absolute Gasteiger partial charge is 0.508 e. The summed E-state index contributed by atoms with van der Waals surface area (Å²) < 4.78 is 4.76. The molecule has 0 fully saturated rings. The Balaban J connectivity index is 0.00000225. The molecule has 5 nitrogen and oxygen atoms in total. The van der Waals surface area contributed by atoms with Crippen LogP contribution in [0.4, 0.5) is 5.69 Å². The van der Waals surface area contributed by atoms with E-state index >= 15 is 0 Å². The highest BCUT2D eigenvalue weighted by Gasteiger charge is 2.12. The van der Waals surface area contributed by atoms with Gasteiger partial charge in [-0.3, -0.25) is 4.79 Å². The lowest BCUT2D eigenvalue weighted by molar-refractivity contribution is -0.118. The molecule has 1 unspecified atom stereocenters. The number of nitrogens with one attached hydrogen (secondary N) is 1. The number of aromatic hydroxyl groups is 1. The normalized spacial score (nSPS) is 11.4. The number of halogens is 1. The number of phenolic OH excluding ortho intramolecular Hbond substituents is 1. The number of nitrogens with two attached hydrogens (primary N) is 1. The molecule has 4 N–H and O–H groups in total. The fraction of sp³-hybridized carbons (Fsp3) is 0.300. The first-order chi connectivity index (χ1) is 7.13. The van der Waals surface area contributed by atoms with Gasteiger partial charge in [-0.25, -0.2) is 0 Å². The maximum absolute atomic E-state index is 11.4. The van der Waals surface area contributed by atoms with E-state index in [4.69, 9.17) is 15.6 Å². The molecule has 0 bridgehead atoms. The van der Waals surface area contributed by atoms with Crippen molar-refractivity contribution in [1.82, 2.24) is 0 Å². The van der Waals surface area contributed by atoms with Crippen molar-refractivity contribution in [3.05, 3.63) is 24.3 Å². The third kappa shape index (κ3) is 4.48. The highest BCUT2D eigenvalue weighted by atomic mass is 35.5. The number of rotatable bonds is 4. The predicted octanol–water partition coefficient (Wildman–Crippen LogP) is 0.726. The van der Waals surface area contributed by atoms with Gasteiger partial charge in [-0.15, -0.1) is 12.4 Å². The summed E-state index contributed by atoms with van der Waals surface area (Å²) >= 11 is 0. The third-order valence-corrected chi connectivity index (χ3v) is 1.82. The molecule has 1 aromatic rings. The second kappa shape index (κ2) is 7.05. The highest BCUT2D eigenvalue weighted by molar-refractivity contribution is 5.94. The Morgan fingerprint density at radius 3 is 2.56 bits per heavy atom. The maximum atomic E-state index is 11.4. The standard InChI is InChI=1S/C10H14N2O3.ClH/c1-15-6-9(11)10(14)12-7-2-4-8(13)5-3-7;/h2-5,9,13H,6,11H2,1H3,(H,12,14);1H. The number of carbonyl (C=O) groups excluding carboxylic acids is 1. The zero-order chi connectivity index (χ0) is 11.3. The van der Waals surface area contributed by atoms with Crippen LogP contribution in [-0.2, 0) is 9.53 Å². The lowest BCUT2D eigenvalue weighted by Gasteiger charge is -2.10. The fourth-order valence-electron chi connectivity index (χ4n) is 1.03. The van der Waals surface area contributed by atoms with E-state index in [-0.39, 0.29) is 30.7 Å². The van der Waals surface area contributed by atoms with Gasteiger partial charge >= 0.3 is 0 Å². The van der Waals surface area contributed by atoms with Crippen LogP contribution in [0.5, 0.6) is 5.75 Å². The zero-order valence-corrected chi connectivity index (χ0v) is 9.66. The van der Waals surface area contributed by atoms with Crippen molar-refractivity contribution in [2.75, 3.05) is 19.0 Å². The summed E-state index contributed by atoms with van der Waals surface area (Å²) in [6.45, 7) is 0.171. The summed E-state index contributed by atoms with van der Waals surface area (Å²) in [6.07, 6.45) is 0. The smallest absolute Gasteiger partial charge is 0.243 e. The molecule has 0 saturated heterocycles. The van der Waals surface area contributed by atoms with E-state index in [2.05, 4.69) is 5.32 Å². The first-order valence-corrected chi connectivity index (χ1v) is 4.48. The lowest BCUT2D eigenvalue weighted by atomic mass is 10.2. The van der Waals surface area contributed by atoms with E-state index in [1.165, 1.54) is 19.2 Å². The Labute approximate surface area is 100 Å². The van der Waals surface area contributed by atoms with Gasteiger partial charge in [0.05, 0.1) is 6.61 Å². The van der Waals surface area contributed by atoms with Crippen molar-refractivity contribution in [2.24, 2.45) is 5.73 Å². The van der Waals surface area contributed by atoms with Gasteiger partial charge in [0.1, 0.15) is 11.8 Å². The molecule has 0 spiro atoms. The number of hydrogen-bond acceptors (Lipinski definition) is 4. The Morgan fingerprint density at radius 1 is 1.50 bits per heavy atom. The van der Waals surface area contributed by atoms with Crippen LogP contribution >= 0.6 is 12.4 Å². The third-order valence-electron chi connectivity index (χ3n) is 1.82. The van der Waals surface area contributed by atoms with E-state index in [9.17, 15) is 4.79 Å². The van der Waals surface area contributed by atoms with Crippen molar-refractivity contribution in [1.29, 1.82) is 0 Å². The van der Waals surface area contributed by atoms with Crippen LogP contribution in [-0.4, -0.2) is 30.8 Å². The molecule has 16 heavy (non-hydrogen) atoms. The molecule has 1 rings (SSSR count). The Morgan fingerprint density at radius 2 is 2.06 bits per heavy atom. The fourth-order valence-corrected chi connectivity index (χ4v) is 1.03. The molecule has 0 saturated carbocycles. The first kappa shape index (κ1) is 14.7. The van der Waals surface area contributed by atoms with Gasteiger partial charge < -0.3 is 20.9 Å². The second-order valence-electron chi connectivity index (χ2n) is 3.10. The molecule has 0 aliphatic heterocycles. The van der Waals surface area contributed by atoms with Crippen molar-refractivity contribution < 1.29 is 14.6 Å². The van der Waals surface area contributed by atoms with Gasteiger partial charge in [-0.2, -0.15) is 0 Å². The summed E-state index contributed by atoms with van der Waals surface area (Å²) in [5.74, 6) is -0.170. The summed E-state index contributed by atoms with van der Waals surface area (Å²) in [5.41, 5.74) is 6.11. The molecule has 1 aromatic carbocycles. The molecule has 90 valence electrons. The predicted molar refractivity (Wildman–Crippen MR) is 63.8 cm³/mol. The molecule has 1 atom stereocenters. The molecular weight excluding hydrogens is 232 g/mol. The van der Waals surface area contributed by atoms with Gasteiger partial charge in [-0.05, 0) is 24.3 Å². The SMILES string of the molecule is COCC(N)C(=O)Nc1ccc(O)cc1.Cl. The average Bonchev–Trinajstić information content (AvgIpc) is 2.22. The molecule has 0 aliphatic carbocycles. The molecule has 0 heterocycles. The van der Waals surface area contributed by atoms with Gasteiger partial charge in [0, 0.05) is 12.8 Å². The van der Waals surface area contributed by atoms with Crippen LogP contribution in [0.3, 0.4) is 0 Å². The number of phenols is 1. The van der Waals surface area contributed by atoms with Gasteiger partial charge in [0.2, 0.25) is 5.91 Å². The van der Waals surface area contributed by atoms with E-state index in [1.807, 2.05) is 0 Å². The molecule has 0 radical (unpaired) electrons. The number of ether oxygens (including phenoxy) is 1. The summed E-state index contributed by atoms with van der Waals surface area (Å²) in [7, 11) is 1.48. The second-order valence-corrected chi connectivity index (χ2v) is 3.10. The highest BCUT2D eigenvalue weighted by Crippen LogP contribution is 2.13.